The van der Waals surface area contributed by atoms with Crippen LogP contribution in [0.3, 0.4) is 0 Å². The molecule has 9 nitrogen and oxygen atoms in total. The lowest BCUT2D eigenvalue weighted by molar-refractivity contribution is -0.0462. The highest BCUT2D eigenvalue weighted by Crippen LogP contribution is 2.40. The zero-order valence-electron chi connectivity index (χ0n) is 24.3. The summed E-state index contributed by atoms with van der Waals surface area (Å²) >= 11 is 6.19. The number of rotatable bonds is 11. The van der Waals surface area contributed by atoms with Crippen molar-refractivity contribution in [3.63, 3.8) is 0 Å². The number of nitrogens with zero attached hydrogens (tertiary/aromatic N) is 4. The predicted octanol–water partition coefficient (Wildman–Crippen LogP) is 5.74. The van der Waals surface area contributed by atoms with Crippen LogP contribution in [0.25, 0.3) is 11.2 Å². The van der Waals surface area contributed by atoms with E-state index in [-0.39, 0.29) is 29.4 Å². The van der Waals surface area contributed by atoms with Gasteiger partial charge < -0.3 is 23.7 Å². The van der Waals surface area contributed by atoms with Crippen molar-refractivity contribution in [1.82, 2.24) is 19.5 Å². The number of anilines is 1. The van der Waals surface area contributed by atoms with Gasteiger partial charge in [-0.25, -0.2) is 4.98 Å². The number of halogens is 1. The number of imidazole rings is 1. The lowest BCUT2D eigenvalue weighted by atomic mass is 10.1. The lowest BCUT2D eigenvalue weighted by Gasteiger charge is -2.36. The third-order valence-corrected chi connectivity index (χ3v) is 18.3. The topological polar surface area (TPSA) is 107 Å². The second-order valence-corrected chi connectivity index (χ2v) is 24.8. The van der Waals surface area contributed by atoms with E-state index in [1.807, 2.05) is 4.57 Å². The molecule has 2 aromatic rings. The van der Waals surface area contributed by atoms with Gasteiger partial charge in [-0.1, -0.05) is 41.5 Å². The van der Waals surface area contributed by atoms with E-state index in [4.69, 9.17) is 35.3 Å². The summed E-state index contributed by atoms with van der Waals surface area (Å²) in [7, 11) is -5.55. The van der Waals surface area contributed by atoms with Crippen molar-refractivity contribution in [3.8, 4) is 0 Å². The monoisotopic (exact) mass is 587 g/mol. The summed E-state index contributed by atoms with van der Waals surface area (Å²) in [6, 6.07) is 0. The molecule has 210 valence electrons. The average molecular weight is 588 g/mol. The zero-order valence-corrected chi connectivity index (χ0v) is 28.2. The molecule has 3 heterocycles. The summed E-state index contributed by atoms with van der Waals surface area (Å²) in [5.41, 5.74) is 8.48. The molecule has 0 saturated carbocycles. The second kappa shape index (κ2) is 11.7. The molecule has 0 aliphatic carbocycles. The molecule has 0 aromatic carbocycles. The summed E-state index contributed by atoms with van der Waals surface area (Å²) < 4.78 is 29.1. The Balaban J connectivity index is 2.08. The molecular formula is C24H46ClN5O4Si3. The molecular weight excluding hydrogens is 542 g/mol. The highest BCUT2D eigenvalue weighted by Gasteiger charge is 2.51. The summed E-state index contributed by atoms with van der Waals surface area (Å²) in [6.45, 7) is 25.0. The lowest BCUT2D eigenvalue weighted by Crippen LogP contribution is -2.49. The Morgan fingerprint density at radius 1 is 1.05 bits per heavy atom. The van der Waals surface area contributed by atoms with Crippen molar-refractivity contribution in [3.05, 3.63) is 11.6 Å². The van der Waals surface area contributed by atoms with Crippen molar-refractivity contribution in [1.29, 1.82) is 0 Å². The normalized spacial score (nSPS) is 24.2. The van der Waals surface area contributed by atoms with E-state index in [0.29, 0.717) is 34.4 Å². The third-order valence-electron chi connectivity index (χ3n) is 8.13. The Labute approximate surface area is 230 Å². The molecule has 37 heavy (non-hydrogen) atoms. The Bertz CT molecular complexity index is 1070. The molecule has 1 fully saturated rings. The maximum atomic E-state index is 7.02. The first-order chi connectivity index (χ1) is 17.0. The fourth-order valence-corrected chi connectivity index (χ4v) is 7.27. The Hall–Kier alpha value is -0.869. The second-order valence-electron chi connectivity index (χ2n) is 12.2. The van der Waals surface area contributed by atoms with Crippen molar-refractivity contribution in [2.75, 3.05) is 12.3 Å². The SMILES string of the molecule is CC(C)[SiH](C)O[C@H]1[C@@H](O[Si](C)(C)C(C)C)[C@H](n2cnc3c(N)nc(Cl)nc32)O[C@@H]1CO[Si](C)(C)C(C)C. The number of fused-ring (bicyclic) bond motifs is 1. The maximum Gasteiger partial charge on any atom is 0.226 e. The predicted molar refractivity (Wildman–Crippen MR) is 158 cm³/mol. The minimum Gasteiger partial charge on any atom is -0.414 e. The molecule has 5 atom stereocenters. The van der Waals surface area contributed by atoms with Gasteiger partial charge in [-0.3, -0.25) is 4.57 Å². The van der Waals surface area contributed by atoms with E-state index in [9.17, 15) is 0 Å². The van der Waals surface area contributed by atoms with Crippen LogP contribution in [0.15, 0.2) is 6.33 Å². The van der Waals surface area contributed by atoms with Crippen molar-refractivity contribution < 1.29 is 18.0 Å². The minimum atomic E-state index is -2.11. The Morgan fingerprint density at radius 2 is 1.68 bits per heavy atom. The van der Waals surface area contributed by atoms with Gasteiger partial charge in [-0.2, -0.15) is 9.97 Å². The van der Waals surface area contributed by atoms with Crippen LogP contribution >= 0.6 is 11.6 Å². The molecule has 3 rings (SSSR count). The molecule has 2 aromatic heterocycles. The van der Waals surface area contributed by atoms with E-state index in [0.717, 1.165) is 0 Å². The molecule has 1 aliphatic heterocycles. The maximum absolute atomic E-state index is 7.02. The van der Waals surface area contributed by atoms with Crippen molar-refractivity contribution in [2.24, 2.45) is 0 Å². The first kappa shape index (κ1) is 30.7. The minimum absolute atomic E-state index is 0.0669. The smallest absolute Gasteiger partial charge is 0.226 e. The van der Waals surface area contributed by atoms with Gasteiger partial charge in [-0.05, 0) is 61.0 Å². The molecule has 1 unspecified atom stereocenters. The van der Waals surface area contributed by atoms with Gasteiger partial charge in [0.1, 0.15) is 23.8 Å². The highest BCUT2D eigenvalue weighted by atomic mass is 35.5. The number of aromatic nitrogens is 4. The standard InChI is InChI=1S/C24H46ClN5O4Si3/c1-14(2)35(7)33-19-17(12-31-36(8,9)15(3)4)32-23(20(19)34-37(10,11)16(5)6)30-13-27-18-21(26)28-24(25)29-22(18)30/h13-17,19-20,23,35H,12H2,1-11H3,(H2,26,28,29)/t17-,19-,20-,23-,35?/m1/s1. The van der Waals surface area contributed by atoms with Gasteiger partial charge in [0.2, 0.25) is 5.28 Å². The van der Waals surface area contributed by atoms with Gasteiger partial charge in [-0.15, -0.1) is 0 Å². The summed E-state index contributed by atoms with van der Waals surface area (Å²) in [5, 5.41) is 0.0669. The highest BCUT2D eigenvalue weighted by molar-refractivity contribution is 6.72. The van der Waals surface area contributed by atoms with Crippen LogP contribution in [0.5, 0.6) is 0 Å². The van der Waals surface area contributed by atoms with E-state index in [1.165, 1.54) is 0 Å². The van der Waals surface area contributed by atoms with Crippen molar-refractivity contribution >= 4 is 54.3 Å². The summed E-state index contributed by atoms with van der Waals surface area (Å²) in [4.78, 5) is 13.0. The number of nitrogen functional groups attached to an aromatic ring is 1. The third kappa shape index (κ3) is 6.83. The first-order valence-corrected chi connectivity index (χ1v) is 22.0. The van der Waals surface area contributed by atoms with Gasteiger partial charge in [0.15, 0.2) is 43.4 Å². The number of hydrogen-bond acceptors (Lipinski definition) is 8. The van der Waals surface area contributed by atoms with E-state index < -0.39 is 31.9 Å². The quantitative estimate of drug-likeness (QED) is 0.262. The fraction of sp³-hybridized carbons (Fsp3) is 0.792. The summed E-state index contributed by atoms with van der Waals surface area (Å²) in [5.74, 6) is 0.235. The number of nitrogens with two attached hydrogens (primary N) is 1. The average Bonchev–Trinajstić information content (AvgIpc) is 3.33. The largest absolute Gasteiger partial charge is 0.414 e. The molecule has 0 amide bonds. The molecule has 13 heteroatoms. The number of ether oxygens (including phenoxy) is 1. The van der Waals surface area contributed by atoms with Crippen molar-refractivity contribution in [2.45, 2.75) is 115 Å². The van der Waals surface area contributed by atoms with Crippen LogP contribution in [0, 0.1) is 0 Å². The van der Waals surface area contributed by atoms with Crippen LogP contribution in [0.1, 0.15) is 47.8 Å². The van der Waals surface area contributed by atoms with E-state index >= 15 is 0 Å². The van der Waals surface area contributed by atoms with Crippen LogP contribution in [-0.2, 0) is 18.0 Å². The van der Waals surface area contributed by atoms with Gasteiger partial charge >= 0.3 is 0 Å². The van der Waals surface area contributed by atoms with Gasteiger partial charge in [0.05, 0.1) is 12.9 Å². The Kier molecular flexibility index (Phi) is 9.70. The van der Waals surface area contributed by atoms with Crippen LogP contribution in [-0.4, -0.2) is 70.1 Å². The fourth-order valence-electron chi connectivity index (χ4n) is 3.81. The van der Waals surface area contributed by atoms with Crippen LogP contribution in [0.4, 0.5) is 5.82 Å². The molecule has 1 saturated heterocycles. The van der Waals surface area contributed by atoms with Gasteiger partial charge in [0.25, 0.3) is 0 Å². The molecule has 0 spiro atoms. The number of hydrogen-bond donors (Lipinski definition) is 1. The van der Waals surface area contributed by atoms with E-state index in [1.54, 1.807) is 6.33 Å². The molecule has 0 bridgehead atoms. The summed E-state index contributed by atoms with van der Waals surface area (Å²) in [6.07, 6.45) is 0.245. The van der Waals surface area contributed by atoms with Crippen LogP contribution in [0.2, 0.25) is 54.6 Å². The van der Waals surface area contributed by atoms with Gasteiger partial charge in [0, 0.05) is 0 Å². The zero-order chi connectivity index (χ0) is 27.9. The Morgan fingerprint density at radius 3 is 2.24 bits per heavy atom. The van der Waals surface area contributed by atoms with Crippen LogP contribution < -0.4 is 5.73 Å². The molecule has 0 radical (unpaired) electrons. The first-order valence-electron chi connectivity index (χ1n) is 13.3. The molecule has 2 N–H and O–H groups in total. The van der Waals surface area contributed by atoms with E-state index in [2.05, 4.69) is 89.2 Å². The molecule has 1 aliphatic rings.